The molecule has 0 aliphatic heterocycles. The molecular weight excluding hydrogens is 247 g/mol. The van der Waals surface area contributed by atoms with Gasteiger partial charge in [0.15, 0.2) is 0 Å². The van der Waals surface area contributed by atoms with Crippen molar-refractivity contribution in [3.05, 3.63) is 29.6 Å². The molecule has 0 saturated carbocycles. The summed E-state index contributed by atoms with van der Waals surface area (Å²) in [5.41, 5.74) is 6.97. The number of ether oxygens (including phenoxy) is 2. The van der Waals surface area contributed by atoms with Crippen molar-refractivity contribution in [1.29, 1.82) is 0 Å². The van der Waals surface area contributed by atoms with Gasteiger partial charge in [0, 0.05) is 39.0 Å². The first-order valence-electron chi connectivity index (χ1n) is 6.33. The number of methoxy groups -OCH3 is 2. The second-order valence-electron chi connectivity index (χ2n) is 4.66. The van der Waals surface area contributed by atoms with Gasteiger partial charge in [-0.1, -0.05) is 0 Å². The summed E-state index contributed by atoms with van der Waals surface area (Å²) >= 11 is 0. The highest BCUT2D eigenvalue weighted by atomic mass is 19.1. The van der Waals surface area contributed by atoms with Crippen LogP contribution in [0.3, 0.4) is 0 Å². The van der Waals surface area contributed by atoms with Crippen molar-refractivity contribution in [1.82, 2.24) is 4.90 Å². The van der Waals surface area contributed by atoms with Crippen LogP contribution in [0, 0.1) is 5.82 Å². The number of nitrogens with zero attached hydrogens (tertiary/aromatic N) is 1. The highest BCUT2D eigenvalue weighted by Crippen LogP contribution is 2.14. The van der Waals surface area contributed by atoms with Gasteiger partial charge in [-0.3, -0.25) is 4.90 Å². The predicted octanol–water partition coefficient (Wildman–Crippen LogP) is 1.89. The molecule has 0 bridgehead atoms. The van der Waals surface area contributed by atoms with Gasteiger partial charge < -0.3 is 15.2 Å². The second-order valence-corrected chi connectivity index (χ2v) is 4.66. The second kappa shape index (κ2) is 8.09. The van der Waals surface area contributed by atoms with E-state index in [0.29, 0.717) is 25.4 Å². The highest BCUT2D eigenvalue weighted by molar-refractivity contribution is 5.41. The Balaban J connectivity index is 2.74. The molecule has 1 atom stereocenters. The molecule has 1 unspecified atom stereocenters. The first-order chi connectivity index (χ1) is 9.06. The normalized spacial score (nSPS) is 12.9. The molecule has 0 amide bonds. The zero-order valence-corrected chi connectivity index (χ0v) is 11.9. The van der Waals surface area contributed by atoms with Crippen LogP contribution in [0.1, 0.15) is 12.5 Å². The van der Waals surface area contributed by atoms with Crippen LogP contribution in [0.4, 0.5) is 10.1 Å². The van der Waals surface area contributed by atoms with Gasteiger partial charge in [0.2, 0.25) is 0 Å². The van der Waals surface area contributed by atoms with Crippen molar-refractivity contribution >= 4 is 5.69 Å². The fourth-order valence-electron chi connectivity index (χ4n) is 2.01. The van der Waals surface area contributed by atoms with E-state index in [0.717, 1.165) is 12.1 Å². The molecule has 0 heterocycles. The van der Waals surface area contributed by atoms with Crippen molar-refractivity contribution < 1.29 is 13.9 Å². The van der Waals surface area contributed by atoms with Gasteiger partial charge in [-0.15, -0.1) is 0 Å². The number of nitrogens with two attached hydrogens (primary N) is 1. The largest absolute Gasteiger partial charge is 0.399 e. The van der Waals surface area contributed by atoms with Gasteiger partial charge in [0.05, 0.1) is 13.2 Å². The maximum Gasteiger partial charge on any atom is 0.125 e. The van der Waals surface area contributed by atoms with Gasteiger partial charge in [-0.25, -0.2) is 4.39 Å². The Morgan fingerprint density at radius 3 is 2.58 bits per heavy atom. The van der Waals surface area contributed by atoms with E-state index >= 15 is 0 Å². The molecule has 108 valence electrons. The Bertz CT molecular complexity index is 367. The number of hydrogen-bond donors (Lipinski definition) is 1. The van der Waals surface area contributed by atoms with Gasteiger partial charge in [0.25, 0.3) is 0 Å². The quantitative estimate of drug-likeness (QED) is 0.733. The summed E-state index contributed by atoms with van der Waals surface area (Å²) in [6, 6.07) is 4.85. The van der Waals surface area contributed by atoms with Crippen LogP contribution >= 0.6 is 0 Å². The van der Waals surface area contributed by atoms with E-state index in [1.165, 1.54) is 12.1 Å². The minimum absolute atomic E-state index is 0.227. The van der Waals surface area contributed by atoms with Crippen LogP contribution in [-0.4, -0.2) is 44.9 Å². The molecule has 0 fully saturated rings. The van der Waals surface area contributed by atoms with E-state index in [1.54, 1.807) is 20.3 Å². The highest BCUT2D eigenvalue weighted by Gasteiger charge is 2.14. The lowest BCUT2D eigenvalue weighted by Crippen LogP contribution is -2.38. The smallest absolute Gasteiger partial charge is 0.125 e. The molecule has 0 aliphatic rings. The van der Waals surface area contributed by atoms with Crippen molar-refractivity contribution in [3.8, 4) is 0 Å². The zero-order valence-electron chi connectivity index (χ0n) is 11.9. The summed E-state index contributed by atoms with van der Waals surface area (Å²) in [6.07, 6.45) is 0. The molecule has 4 nitrogen and oxygen atoms in total. The van der Waals surface area contributed by atoms with Crippen molar-refractivity contribution in [3.63, 3.8) is 0 Å². The van der Waals surface area contributed by atoms with Gasteiger partial charge in [-0.05, 0) is 30.7 Å². The monoisotopic (exact) mass is 270 g/mol. The first-order valence-corrected chi connectivity index (χ1v) is 6.33. The summed E-state index contributed by atoms with van der Waals surface area (Å²) in [5.74, 6) is -0.305. The zero-order chi connectivity index (χ0) is 14.3. The van der Waals surface area contributed by atoms with Crippen LogP contribution in [0.15, 0.2) is 18.2 Å². The summed E-state index contributed by atoms with van der Waals surface area (Å²) in [6.45, 7) is 4.70. The van der Waals surface area contributed by atoms with E-state index in [2.05, 4.69) is 11.8 Å². The summed E-state index contributed by atoms with van der Waals surface area (Å²) < 4.78 is 23.6. The lowest BCUT2D eigenvalue weighted by molar-refractivity contribution is 0.0705. The molecule has 19 heavy (non-hydrogen) atoms. The lowest BCUT2D eigenvalue weighted by atomic mass is 10.1. The maximum atomic E-state index is 13.3. The van der Waals surface area contributed by atoms with Crippen LogP contribution in [0.25, 0.3) is 0 Å². The van der Waals surface area contributed by atoms with Crippen LogP contribution < -0.4 is 5.73 Å². The third-order valence-electron chi connectivity index (χ3n) is 2.98. The van der Waals surface area contributed by atoms with Crippen LogP contribution in [-0.2, 0) is 16.0 Å². The van der Waals surface area contributed by atoms with Crippen LogP contribution in [0.5, 0.6) is 0 Å². The molecule has 2 N–H and O–H groups in total. The molecule has 0 radical (unpaired) electrons. The van der Waals surface area contributed by atoms with E-state index in [4.69, 9.17) is 15.2 Å². The van der Waals surface area contributed by atoms with E-state index < -0.39 is 0 Å². The Morgan fingerprint density at radius 1 is 1.26 bits per heavy atom. The molecule has 0 aliphatic carbocycles. The van der Waals surface area contributed by atoms with Gasteiger partial charge in [-0.2, -0.15) is 0 Å². The Hall–Kier alpha value is -1.17. The maximum absolute atomic E-state index is 13.3. The number of rotatable bonds is 8. The standard InChI is InChI=1S/C14H23FN2O2/c1-11(10-19-3)17(4-5-18-2)9-12-6-13(15)8-14(16)7-12/h6-8,11H,4-5,9-10,16H2,1-3H3. The summed E-state index contributed by atoms with van der Waals surface area (Å²) in [4.78, 5) is 2.18. The Morgan fingerprint density at radius 2 is 2.00 bits per heavy atom. The predicted molar refractivity (Wildman–Crippen MR) is 74.4 cm³/mol. The van der Waals surface area contributed by atoms with E-state index in [1.807, 2.05) is 0 Å². The molecular formula is C14H23FN2O2. The number of halogens is 1. The average molecular weight is 270 g/mol. The van der Waals surface area contributed by atoms with E-state index in [9.17, 15) is 4.39 Å². The number of anilines is 1. The SMILES string of the molecule is COCCN(Cc1cc(N)cc(F)c1)C(C)COC. The summed E-state index contributed by atoms with van der Waals surface area (Å²) in [7, 11) is 3.34. The van der Waals surface area contributed by atoms with E-state index in [-0.39, 0.29) is 11.9 Å². The molecule has 0 spiro atoms. The fourth-order valence-corrected chi connectivity index (χ4v) is 2.01. The summed E-state index contributed by atoms with van der Waals surface area (Å²) in [5, 5.41) is 0. The molecule has 5 heteroatoms. The van der Waals surface area contributed by atoms with Crippen molar-refractivity contribution in [2.45, 2.75) is 19.5 Å². The molecule has 1 rings (SSSR count). The molecule has 1 aromatic carbocycles. The molecule has 0 saturated heterocycles. The Labute approximate surface area is 114 Å². The van der Waals surface area contributed by atoms with Crippen LogP contribution in [0.2, 0.25) is 0 Å². The topological polar surface area (TPSA) is 47.7 Å². The Kier molecular flexibility index (Phi) is 6.77. The average Bonchev–Trinajstić information content (AvgIpc) is 2.33. The van der Waals surface area contributed by atoms with Gasteiger partial charge in [0.1, 0.15) is 5.82 Å². The molecule has 1 aromatic rings. The number of nitrogen functional groups attached to an aromatic ring is 1. The third-order valence-corrected chi connectivity index (χ3v) is 2.98. The van der Waals surface area contributed by atoms with Crippen molar-refractivity contribution in [2.75, 3.05) is 39.7 Å². The number of hydrogen-bond acceptors (Lipinski definition) is 4. The minimum Gasteiger partial charge on any atom is -0.399 e. The number of benzene rings is 1. The lowest BCUT2D eigenvalue weighted by Gasteiger charge is -2.28. The third kappa shape index (κ3) is 5.55. The molecule has 0 aromatic heterocycles. The fraction of sp³-hybridized carbons (Fsp3) is 0.571. The minimum atomic E-state index is -0.305. The van der Waals surface area contributed by atoms with Crippen molar-refractivity contribution in [2.24, 2.45) is 0 Å². The first kappa shape index (κ1) is 15.9. The van der Waals surface area contributed by atoms with Gasteiger partial charge >= 0.3 is 0 Å².